The van der Waals surface area contributed by atoms with E-state index < -0.39 is 8.07 Å². The van der Waals surface area contributed by atoms with Crippen molar-refractivity contribution < 1.29 is 84.8 Å². The molecule has 0 unspecified atom stereocenters. The van der Waals surface area contributed by atoms with E-state index in [1.807, 2.05) is 70.4 Å². The van der Waals surface area contributed by atoms with Crippen molar-refractivity contribution in [2.45, 2.75) is 115 Å². The van der Waals surface area contributed by atoms with Crippen molar-refractivity contribution in [3.05, 3.63) is 184 Å². The fourth-order valence-electron chi connectivity index (χ4n) is 10.3. The van der Waals surface area contributed by atoms with Gasteiger partial charge in [-0.05, 0) is 78.8 Å². The number of rotatable bonds is 9. The average molecular weight is 1950 g/mol. The molecule has 23 heteroatoms. The van der Waals surface area contributed by atoms with Crippen LogP contribution in [0.1, 0.15) is 86.1 Å². The fraction of sp³-hybridized carbons (Fsp3) is 0.309. The van der Waals surface area contributed by atoms with Gasteiger partial charge in [-0.15, -0.1) is 95.2 Å². The predicted octanol–water partition coefficient (Wildman–Crippen LogP) is 12.9. The Morgan fingerprint density at radius 1 is 0.484 bits per heavy atom. The van der Waals surface area contributed by atoms with Crippen LogP contribution in [0.5, 0.6) is 0 Å². The van der Waals surface area contributed by atoms with Crippen molar-refractivity contribution >= 4 is 13.3 Å². The summed E-state index contributed by atoms with van der Waals surface area (Å²) in [6, 6.07) is 50.5. The van der Waals surface area contributed by atoms with Gasteiger partial charge in [0, 0.05) is 128 Å². The molecule has 17 nitrogen and oxygen atoms in total. The van der Waals surface area contributed by atoms with E-state index in [1.54, 1.807) is 31.8 Å². The molecule has 0 N–H and O–H groups in total. The second-order valence-corrected chi connectivity index (χ2v) is 30.0. The van der Waals surface area contributed by atoms with Crippen molar-refractivity contribution in [3.63, 3.8) is 0 Å². The third-order valence-corrected chi connectivity index (χ3v) is 16.6. The van der Waals surface area contributed by atoms with Crippen molar-refractivity contribution in [1.82, 2.24) is 80.8 Å². The molecule has 0 bridgehead atoms. The van der Waals surface area contributed by atoms with E-state index in [-0.39, 0.29) is 97.1 Å². The van der Waals surface area contributed by atoms with Gasteiger partial charge in [-0.1, -0.05) is 220 Å². The number of tetrazole rings is 4. The van der Waals surface area contributed by atoms with Gasteiger partial charge in [0.15, 0.2) is 0 Å². The van der Waals surface area contributed by atoms with E-state index in [2.05, 4.69) is 230 Å². The number of hydrogen-bond donors (Lipinski definition) is 0. The van der Waals surface area contributed by atoms with Crippen LogP contribution in [0.15, 0.2) is 109 Å². The zero-order chi connectivity index (χ0) is 63.1. The van der Waals surface area contributed by atoms with Crippen molar-refractivity contribution in [2.24, 2.45) is 26.6 Å². The molecule has 4 aromatic heterocycles. The molecule has 91 heavy (non-hydrogen) atoms. The van der Waals surface area contributed by atoms with Gasteiger partial charge in [-0.25, -0.2) is 5.26 Å². The summed E-state index contributed by atoms with van der Waals surface area (Å²) >= 11 is 0. The monoisotopic (exact) mass is 1950 g/mol. The van der Waals surface area contributed by atoms with Crippen LogP contribution < -0.4 is 5.19 Å². The fourth-order valence-corrected chi connectivity index (χ4v) is 11.4. The van der Waals surface area contributed by atoms with Crippen molar-refractivity contribution in [2.75, 3.05) is 0 Å². The number of nitrogens with zero attached hydrogens (tertiary/aromatic N) is 17. The molecule has 0 aliphatic carbocycles. The summed E-state index contributed by atoms with van der Waals surface area (Å²) in [4.78, 5) is 0. The Balaban J connectivity index is 0.000000258. The van der Waals surface area contributed by atoms with Gasteiger partial charge in [0.25, 0.3) is 0 Å². The second-order valence-electron chi connectivity index (χ2n) is 24.9. The van der Waals surface area contributed by atoms with E-state index in [4.69, 9.17) is 0 Å². The number of aryl methyl sites for hydroxylation is 9. The number of hydrogen-bond acceptors (Lipinski definition) is 13. The van der Waals surface area contributed by atoms with Gasteiger partial charge in [0.05, 0.1) is 23.3 Å². The zero-order valence-electron chi connectivity index (χ0n) is 54.4. The van der Waals surface area contributed by atoms with Gasteiger partial charge in [-0.2, -0.15) is 20.4 Å². The molecule has 0 aliphatic heterocycles. The maximum absolute atomic E-state index is 14.0. The van der Waals surface area contributed by atoms with Crippen molar-refractivity contribution in [3.8, 4) is 85.0 Å². The minimum atomic E-state index is -1.44. The molecular formula is C68H74FIr4N17Si-4. The number of nitriles is 1. The maximum atomic E-state index is 14.0. The Kier molecular flexibility index (Phi) is 27.4. The van der Waals surface area contributed by atoms with Crippen molar-refractivity contribution in [1.29, 1.82) is 5.26 Å². The molecule has 0 atom stereocenters. The smallest absolute Gasteiger partial charge is 0.0990 e. The normalized spacial score (nSPS) is 10.9. The Morgan fingerprint density at radius 2 is 0.868 bits per heavy atom. The molecule has 11 rings (SSSR count). The molecule has 0 aliphatic rings. The third kappa shape index (κ3) is 18.4. The molecular weight excluding hydrogens is 1870 g/mol. The zero-order valence-corrected chi connectivity index (χ0v) is 65.0. The Labute approximate surface area is 589 Å². The van der Waals surface area contributed by atoms with Crippen LogP contribution in [0, 0.1) is 88.4 Å². The van der Waals surface area contributed by atoms with Gasteiger partial charge >= 0.3 is 0 Å². The second kappa shape index (κ2) is 32.6. The van der Waals surface area contributed by atoms with E-state index in [0.29, 0.717) is 29.3 Å². The average Bonchev–Trinajstić information content (AvgIpc) is 2.75. The summed E-state index contributed by atoms with van der Waals surface area (Å²) in [6.07, 6.45) is 0. The van der Waals surface area contributed by atoms with Gasteiger partial charge < -0.3 is 0 Å². The minimum absolute atomic E-state index is 0. The summed E-state index contributed by atoms with van der Waals surface area (Å²) < 4.78 is 20.8. The van der Waals surface area contributed by atoms with Crippen LogP contribution in [-0.2, 0) is 114 Å². The molecule has 0 fully saturated rings. The molecule has 11 aromatic rings. The largest absolute Gasteiger partial charge is 0.268 e. The summed E-state index contributed by atoms with van der Waals surface area (Å²) in [7, 11) is 4.05. The van der Waals surface area contributed by atoms with Gasteiger partial charge in [0.2, 0.25) is 0 Å². The Morgan fingerprint density at radius 3 is 1.27 bits per heavy atom. The first-order chi connectivity index (χ1) is 41.2. The quantitative estimate of drug-likeness (QED) is 0.0978. The third-order valence-electron chi connectivity index (χ3n) is 14.6. The predicted molar refractivity (Wildman–Crippen MR) is 342 cm³/mol. The standard InChI is InChI=1S/C20H22FN4.C19H23N4Si.C17H14N5.C12H15N4.4Ir/c1-13-7-6-8-14(2)18(13)17-11-15(21)9-10-16(17)19-22-23-24-25(19)12-20(3,4)5;1-13-8-7-9-14(2)18(13)17-12-15(24(4,5)6)10-11-16(17)19-20-21-22-23(19)3;1-11-5-4-6-12(2)16(11)15-9-13(10-18)7-8-14(15)17-19-20-21-22(17)3;1-12(2,3)10-8-6-5-7-9(10)11-13-14-15-16(11)4;;;;/h6-9,11H,12H2,1-5H3;7-10,12H,1-6H3;4-7,9H,1-3H3;5-6,8H,1-4H3;;;;/q4*-1;;;;. The first-order valence-corrected chi connectivity index (χ1v) is 32.1. The maximum Gasteiger partial charge on any atom is 0.0990 e. The molecule has 0 spiro atoms. The van der Waals surface area contributed by atoms with Crippen LogP contribution in [0.25, 0.3) is 78.9 Å². The topological polar surface area (TPSA) is 198 Å². The summed E-state index contributed by atoms with van der Waals surface area (Å²) in [5.41, 5.74) is 18.4. The summed E-state index contributed by atoms with van der Waals surface area (Å²) in [6.45, 7) is 33.1. The Bertz CT molecular complexity index is 4220. The molecule has 0 amide bonds. The van der Waals surface area contributed by atoms with Gasteiger partial charge in [0.1, 0.15) is 0 Å². The van der Waals surface area contributed by atoms with Crippen LogP contribution in [-0.4, -0.2) is 88.9 Å². The molecule has 482 valence electrons. The van der Waals surface area contributed by atoms with Crippen LogP contribution in [0.2, 0.25) is 19.6 Å². The van der Waals surface area contributed by atoms with E-state index in [0.717, 1.165) is 72.8 Å². The summed E-state index contributed by atoms with van der Waals surface area (Å²) in [5, 5.41) is 57.9. The van der Waals surface area contributed by atoms with Gasteiger partial charge in [-0.3, -0.25) is 23.1 Å². The summed E-state index contributed by atoms with van der Waals surface area (Å²) in [5.74, 6) is 2.41. The Hall–Kier alpha value is -6.95. The van der Waals surface area contributed by atoms with Crippen LogP contribution >= 0.6 is 0 Å². The van der Waals surface area contributed by atoms with Crippen LogP contribution in [0.3, 0.4) is 0 Å². The van der Waals surface area contributed by atoms with Crippen LogP contribution in [0.4, 0.5) is 4.39 Å². The van der Waals surface area contributed by atoms with E-state index >= 15 is 0 Å². The number of aromatic nitrogens is 16. The molecule has 0 saturated heterocycles. The SMILES string of the molecule is Cc1cccc(C)c1-c1cc(C#N)c[c-]c1-c1nnnn1C.Cc1cccc(C)c1-c1cc(F)c[c-]c1-c1nnnn1CC(C)(C)C.Cc1cccc(C)c1-c1cc([Si](C)(C)C)c[c-]c1-c1nnnn1C.Cn1nnnc1-c1[c-]cccc1C(C)(C)C.[Ir].[Ir].[Ir].[Ir]. The molecule has 4 heterocycles. The van der Waals surface area contributed by atoms with E-state index in [9.17, 15) is 9.65 Å². The number of halogens is 1. The molecule has 4 radical (unpaired) electrons. The van der Waals surface area contributed by atoms with E-state index in [1.165, 1.54) is 45.1 Å². The number of benzene rings is 7. The minimum Gasteiger partial charge on any atom is -0.268 e. The molecule has 0 saturated carbocycles. The first-order valence-electron chi connectivity index (χ1n) is 28.6. The molecule has 7 aromatic carbocycles. The first kappa shape index (κ1) is 76.5.